The van der Waals surface area contributed by atoms with E-state index in [0.717, 1.165) is 17.8 Å². The Kier molecular flexibility index (Phi) is 5.38. The van der Waals surface area contributed by atoms with Gasteiger partial charge in [-0.15, -0.1) is 5.10 Å². The number of carbonyl (C=O) groups excluding carboxylic acids is 1. The molecule has 8 heteroatoms. The van der Waals surface area contributed by atoms with E-state index < -0.39 is 11.6 Å². The Morgan fingerprint density at radius 1 is 1.11 bits per heavy atom. The van der Waals surface area contributed by atoms with Crippen molar-refractivity contribution in [2.24, 2.45) is 0 Å². The summed E-state index contributed by atoms with van der Waals surface area (Å²) in [4.78, 5) is 15.9. The van der Waals surface area contributed by atoms with E-state index in [4.69, 9.17) is 0 Å². The van der Waals surface area contributed by atoms with Crippen molar-refractivity contribution in [3.8, 4) is 5.69 Å². The van der Waals surface area contributed by atoms with Crippen LogP contribution >= 0.6 is 11.8 Å². The number of aromatic nitrogens is 3. The molecule has 0 bridgehead atoms. The number of rotatable bonds is 3. The van der Waals surface area contributed by atoms with E-state index >= 15 is 0 Å². The van der Waals surface area contributed by atoms with Crippen molar-refractivity contribution >= 4 is 17.7 Å². The van der Waals surface area contributed by atoms with Crippen LogP contribution in [0, 0.1) is 11.6 Å². The van der Waals surface area contributed by atoms with Gasteiger partial charge in [-0.3, -0.25) is 4.79 Å². The molecule has 4 rings (SSSR count). The molecule has 1 fully saturated rings. The summed E-state index contributed by atoms with van der Waals surface area (Å²) in [5.74, 6) is -0.432. The van der Waals surface area contributed by atoms with Crippen LogP contribution in [-0.2, 0) is 0 Å². The third kappa shape index (κ3) is 3.91. The molecular formula is C20H18F2N4OS. The zero-order chi connectivity index (χ0) is 19.5. The van der Waals surface area contributed by atoms with Gasteiger partial charge in [0.1, 0.15) is 11.6 Å². The van der Waals surface area contributed by atoms with Crippen LogP contribution in [-0.4, -0.2) is 44.6 Å². The highest BCUT2D eigenvalue weighted by molar-refractivity contribution is 7.99. The van der Waals surface area contributed by atoms with E-state index in [1.807, 2.05) is 30.3 Å². The minimum atomic E-state index is -0.452. The number of nitrogens with zero attached hydrogens (tertiary/aromatic N) is 4. The maximum atomic E-state index is 14.1. The first-order valence-electron chi connectivity index (χ1n) is 8.95. The molecule has 5 nitrogen and oxygen atoms in total. The number of hydrogen-bond acceptors (Lipinski definition) is 4. The predicted octanol–water partition coefficient (Wildman–Crippen LogP) is 3.87. The quantitative estimate of drug-likeness (QED) is 0.670. The van der Waals surface area contributed by atoms with E-state index in [2.05, 4.69) is 10.2 Å². The second kappa shape index (κ2) is 8.10. The van der Waals surface area contributed by atoms with Gasteiger partial charge in [-0.2, -0.15) is 21.7 Å². The monoisotopic (exact) mass is 400 g/mol. The van der Waals surface area contributed by atoms with Crippen LogP contribution < -0.4 is 0 Å². The third-order valence-electron chi connectivity index (χ3n) is 4.63. The zero-order valence-corrected chi connectivity index (χ0v) is 15.8. The number of thioether (sulfide) groups is 1. The smallest absolute Gasteiger partial charge is 0.276 e. The lowest BCUT2D eigenvalue weighted by Crippen LogP contribution is -2.33. The van der Waals surface area contributed by atoms with Gasteiger partial charge in [-0.1, -0.05) is 18.2 Å². The highest BCUT2D eigenvalue weighted by atomic mass is 32.2. The van der Waals surface area contributed by atoms with Gasteiger partial charge >= 0.3 is 0 Å². The topological polar surface area (TPSA) is 51.0 Å². The Morgan fingerprint density at radius 3 is 2.75 bits per heavy atom. The second-order valence-electron chi connectivity index (χ2n) is 6.46. The summed E-state index contributed by atoms with van der Waals surface area (Å²) in [6.45, 7) is 0.972. The molecule has 1 saturated heterocycles. The molecule has 144 valence electrons. The zero-order valence-electron chi connectivity index (χ0n) is 15.0. The standard InChI is InChI=1S/C20H18F2N4OS/c21-14-6-7-17(22)16(12-14)19-8-9-25(10-11-28-19)20(27)18-13-23-26(24-18)15-4-2-1-3-5-15/h1-7,12-13,19H,8-11H2/t19-/m0/s1. The lowest BCUT2D eigenvalue weighted by atomic mass is 10.1. The van der Waals surface area contributed by atoms with Crippen molar-refractivity contribution in [2.45, 2.75) is 11.7 Å². The summed E-state index contributed by atoms with van der Waals surface area (Å²) in [6.07, 6.45) is 2.00. The molecule has 0 radical (unpaired) electrons. The summed E-state index contributed by atoms with van der Waals surface area (Å²) >= 11 is 1.54. The van der Waals surface area contributed by atoms with Crippen LogP contribution in [0.1, 0.15) is 27.7 Å². The molecule has 1 atom stereocenters. The summed E-state index contributed by atoms with van der Waals surface area (Å²) in [5.41, 5.74) is 1.40. The Labute approximate surface area is 165 Å². The fourth-order valence-electron chi connectivity index (χ4n) is 3.19. The van der Waals surface area contributed by atoms with E-state index in [9.17, 15) is 13.6 Å². The molecular weight excluding hydrogens is 382 g/mol. The van der Waals surface area contributed by atoms with Crippen molar-refractivity contribution in [3.05, 3.63) is 77.6 Å². The lowest BCUT2D eigenvalue weighted by Gasteiger charge is -2.19. The van der Waals surface area contributed by atoms with Crippen LogP contribution in [0.2, 0.25) is 0 Å². The van der Waals surface area contributed by atoms with Crippen LogP contribution in [0.5, 0.6) is 0 Å². The molecule has 1 amide bonds. The third-order valence-corrected chi connectivity index (χ3v) is 5.94. The van der Waals surface area contributed by atoms with Crippen molar-refractivity contribution in [3.63, 3.8) is 0 Å². The summed E-state index contributed by atoms with van der Waals surface area (Å²) in [7, 11) is 0. The lowest BCUT2D eigenvalue weighted by molar-refractivity contribution is 0.0760. The Morgan fingerprint density at radius 2 is 1.93 bits per heavy atom. The minimum Gasteiger partial charge on any atom is -0.336 e. The van der Waals surface area contributed by atoms with Gasteiger partial charge < -0.3 is 4.90 Å². The van der Waals surface area contributed by atoms with Crippen molar-refractivity contribution < 1.29 is 13.6 Å². The van der Waals surface area contributed by atoms with E-state index in [0.29, 0.717) is 30.8 Å². The van der Waals surface area contributed by atoms with Gasteiger partial charge in [0.25, 0.3) is 5.91 Å². The van der Waals surface area contributed by atoms with Crippen molar-refractivity contribution in [1.82, 2.24) is 19.9 Å². The molecule has 2 aromatic carbocycles. The molecule has 1 aliphatic heterocycles. The van der Waals surface area contributed by atoms with Gasteiger partial charge in [0.05, 0.1) is 11.9 Å². The van der Waals surface area contributed by atoms with Gasteiger partial charge in [0.15, 0.2) is 5.69 Å². The number of hydrogen-bond donors (Lipinski definition) is 0. The first-order chi connectivity index (χ1) is 13.6. The molecule has 1 aliphatic rings. The number of para-hydroxylation sites is 1. The van der Waals surface area contributed by atoms with Crippen LogP contribution in [0.15, 0.2) is 54.7 Å². The fraction of sp³-hybridized carbons (Fsp3) is 0.250. The maximum absolute atomic E-state index is 14.1. The number of carbonyl (C=O) groups is 1. The number of amides is 1. The molecule has 0 saturated carbocycles. The average molecular weight is 400 g/mol. The molecule has 0 spiro atoms. The molecule has 0 N–H and O–H groups in total. The minimum absolute atomic E-state index is 0.187. The Hall–Kier alpha value is -2.74. The molecule has 2 heterocycles. The molecule has 1 aromatic heterocycles. The first-order valence-corrected chi connectivity index (χ1v) is 10.0. The Bertz CT molecular complexity index is 979. The summed E-state index contributed by atoms with van der Waals surface area (Å²) in [5, 5.41) is 8.27. The van der Waals surface area contributed by atoms with Crippen molar-refractivity contribution in [2.75, 3.05) is 18.8 Å². The highest BCUT2D eigenvalue weighted by Crippen LogP contribution is 2.36. The largest absolute Gasteiger partial charge is 0.336 e. The maximum Gasteiger partial charge on any atom is 0.276 e. The molecule has 0 aliphatic carbocycles. The predicted molar refractivity (Wildman–Crippen MR) is 103 cm³/mol. The van der Waals surface area contributed by atoms with Crippen molar-refractivity contribution in [1.29, 1.82) is 0 Å². The van der Waals surface area contributed by atoms with Crippen LogP contribution in [0.25, 0.3) is 5.69 Å². The number of benzene rings is 2. The second-order valence-corrected chi connectivity index (χ2v) is 7.77. The number of halogens is 2. The normalized spacial score (nSPS) is 17.4. The first kappa shape index (κ1) is 18.6. The van der Waals surface area contributed by atoms with Gasteiger partial charge in [-0.25, -0.2) is 8.78 Å². The van der Waals surface area contributed by atoms with E-state index in [1.54, 1.807) is 4.90 Å². The van der Waals surface area contributed by atoms with E-state index in [1.165, 1.54) is 28.8 Å². The van der Waals surface area contributed by atoms with Gasteiger partial charge in [0, 0.05) is 29.7 Å². The van der Waals surface area contributed by atoms with Gasteiger partial charge in [-0.05, 0) is 36.8 Å². The summed E-state index contributed by atoms with van der Waals surface area (Å²) < 4.78 is 27.6. The van der Waals surface area contributed by atoms with Crippen LogP contribution in [0.4, 0.5) is 8.78 Å². The van der Waals surface area contributed by atoms with Gasteiger partial charge in [0.2, 0.25) is 0 Å². The van der Waals surface area contributed by atoms with E-state index in [-0.39, 0.29) is 16.9 Å². The van der Waals surface area contributed by atoms with Crippen LogP contribution in [0.3, 0.4) is 0 Å². The Balaban J connectivity index is 1.46. The molecule has 28 heavy (non-hydrogen) atoms. The average Bonchev–Trinajstić information content (AvgIpc) is 3.08. The highest BCUT2D eigenvalue weighted by Gasteiger charge is 2.26. The SMILES string of the molecule is O=C(c1cnn(-c2ccccc2)n1)N1CCS[C@H](c2cc(F)ccc2F)CC1. The molecule has 0 unspecified atom stereocenters. The summed E-state index contributed by atoms with van der Waals surface area (Å²) in [6, 6.07) is 12.9. The fourth-order valence-corrected chi connectivity index (χ4v) is 4.43. The molecule has 3 aromatic rings.